The highest BCUT2D eigenvalue weighted by molar-refractivity contribution is 5.82. The number of amides is 1. The van der Waals surface area contributed by atoms with Crippen LogP contribution in [-0.4, -0.2) is 53.3 Å². The maximum atomic E-state index is 13.0. The summed E-state index contributed by atoms with van der Waals surface area (Å²) in [6, 6.07) is 5.61. The number of unbranched alkanes of at least 4 members (excludes halogenated alkanes) is 1. The van der Waals surface area contributed by atoms with Crippen molar-refractivity contribution in [3.05, 3.63) is 41.8 Å². The van der Waals surface area contributed by atoms with Gasteiger partial charge in [-0.3, -0.25) is 4.79 Å². The molecule has 9 heteroatoms. The average molecular weight is 412 g/mol. The van der Waals surface area contributed by atoms with E-state index in [0.717, 1.165) is 0 Å². The van der Waals surface area contributed by atoms with E-state index in [4.69, 9.17) is 0 Å². The van der Waals surface area contributed by atoms with Crippen LogP contribution in [0.25, 0.3) is 0 Å². The van der Waals surface area contributed by atoms with Crippen molar-refractivity contribution in [3.8, 4) is 11.8 Å². The molecule has 1 amide bonds. The average Bonchev–Trinajstić information content (AvgIpc) is 3.19. The van der Waals surface area contributed by atoms with Crippen LogP contribution in [0.15, 0.2) is 30.5 Å². The number of anilines is 3. The van der Waals surface area contributed by atoms with Crippen LogP contribution in [-0.2, 0) is 4.79 Å². The van der Waals surface area contributed by atoms with Gasteiger partial charge in [0, 0.05) is 32.2 Å². The lowest BCUT2D eigenvalue weighted by molar-refractivity contribution is -0.122. The fourth-order valence-electron chi connectivity index (χ4n) is 2.97. The predicted molar refractivity (Wildman–Crippen MR) is 113 cm³/mol. The molecule has 1 fully saturated rings. The second kappa shape index (κ2) is 10.5. The Morgan fingerprint density at radius 1 is 1.37 bits per heavy atom. The van der Waals surface area contributed by atoms with Gasteiger partial charge in [-0.25, -0.2) is 9.37 Å². The van der Waals surface area contributed by atoms with E-state index >= 15 is 0 Å². The van der Waals surface area contributed by atoms with E-state index in [0.29, 0.717) is 55.4 Å². The highest BCUT2D eigenvalue weighted by Crippen LogP contribution is 2.17. The minimum atomic E-state index is -0.451. The zero-order chi connectivity index (χ0) is 21.3. The monoisotopic (exact) mass is 412 g/mol. The zero-order valence-electron chi connectivity index (χ0n) is 16.7. The summed E-state index contributed by atoms with van der Waals surface area (Å²) in [6.45, 7) is 0.981. The van der Waals surface area contributed by atoms with Crippen LogP contribution in [0.5, 0.6) is 0 Å². The largest absolute Gasteiger partial charge is 0.392 e. The summed E-state index contributed by atoms with van der Waals surface area (Å²) in [5, 5.41) is 21.3. The Morgan fingerprint density at radius 2 is 2.17 bits per heavy atom. The van der Waals surface area contributed by atoms with Gasteiger partial charge in [-0.05, 0) is 37.1 Å². The number of hydrogen-bond acceptors (Lipinski definition) is 7. The number of aliphatic hydroxyl groups excluding tert-OH is 1. The fraction of sp³-hybridized carbons (Fsp3) is 0.381. The Bertz CT molecular complexity index is 925. The summed E-state index contributed by atoms with van der Waals surface area (Å²) in [7, 11) is 1.75. The van der Waals surface area contributed by atoms with Gasteiger partial charge >= 0.3 is 0 Å². The second-order valence-corrected chi connectivity index (χ2v) is 6.88. The van der Waals surface area contributed by atoms with Gasteiger partial charge in [0.25, 0.3) is 0 Å². The topological polar surface area (TPSA) is 111 Å². The first kappa shape index (κ1) is 21.5. The van der Waals surface area contributed by atoms with Crippen LogP contribution in [0.3, 0.4) is 0 Å². The quantitative estimate of drug-likeness (QED) is 0.345. The number of carbonyl (C=O) groups is 1. The van der Waals surface area contributed by atoms with Crippen LogP contribution < -0.4 is 21.3 Å². The number of aliphatic hydroxyl groups is 1. The van der Waals surface area contributed by atoms with Crippen LogP contribution in [0.2, 0.25) is 0 Å². The van der Waals surface area contributed by atoms with E-state index in [9.17, 15) is 14.3 Å². The molecule has 0 aliphatic carbocycles. The summed E-state index contributed by atoms with van der Waals surface area (Å²) in [5.41, 5.74) is 1.34. The molecular weight excluding hydrogens is 387 g/mol. The standard InChI is InChI=1S/C21H25FN6O2/c1-23-19-14(12-26-21(28-19)27-16-8-6-15(22)7-9-16)5-3-2-4-10-24-20(30)18-11-17(29)13-25-18/h6-9,12,17-18,25,29H,2,4,10-11,13H2,1H3,(H,24,30)(H2,23,26,27,28)/t17-,18?/m0/s1. The highest BCUT2D eigenvalue weighted by atomic mass is 19.1. The molecule has 2 heterocycles. The molecule has 2 atom stereocenters. The number of nitrogens with zero attached hydrogens (tertiary/aromatic N) is 2. The molecule has 0 saturated carbocycles. The molecule has 0 bridgehead atoms. The van der Waals surface area contributed by atoms with Crippen molar-refractivity contribution < 1.29 is 14.3 Å². The minimum absolute atomic E-state index is 0.0883. The molecule has 8 nitrogen and oxygen atoms in total. The molecule has 1 saturated heterocycles. The van der Waals surface area contributed by atoms with Crippen molar-refractivity contribution in [2.45, 2.75) is 31.4 Å². The summed E-state index contributed by atoms with van der Waals surface area (Å²) in [5.74, 6) is 6.67. The number of β-amino-alcohol motifs (C(OH)–C–C–N with tert-alkyl or cyclic N) is 1. The molecular formula is C21H25FN6O2. The molecule has 1 aliphatic rings. The summed E-state index contributed by atoms with van der Waals surface area (Å²) in [6.07, 6.45) is 2.95. The molecule has 158 valence electrons. The Hall–Kier alpha value is -3.22. The first-order valence-corrected chi connectivity index (χ1v) is 9.80. The lowest BCUT2D eigenvalue weighted by Gasteiger charge is -2.10. The lowest BCUT2D eigenvalue weighted by Crippen LogP contribution is -2.40. The van der Waals surface area contributed by atoms with Gasteiger partial charge in [-0.15, -0.1) is 0 Å². The van der Waals surface area contributed by atoms with Crippen LogP contribution in [0.1, 0.15) is 24.8 Å². The Labute approximate surface area is 174 Å². The van der Waals surface area contributed by atoms with Crippen molar-refractivity contribution in [1.82, 2.24) is 20.6 Å². The Balaban J connectivity index is 1.47. The lowest BCUT2D eigenvalue weighted by atomic mass is 10.2. The van der Waals surface area contributed by atoms with E-state index in [1.807, 2.05) is 0 Å². The molecule has 1 unspecified atom stereocenters. The highest BCUT2D eigenvalue weighted by Gasteiger charge is 2.27. The molecule has 30 heavy (non-hydrogen) atoms. The molecule has 1 aromatic carbocycles. The van der Waals surface area contributed by atoms with Gasteiger partial charge in [0.2, 0.25) is 11.9 Å². The van der Waals surface area contributed by atoms with Crippen molar-refractivity contribution in [1.29, 1.82) is 0 Å². The maximum absolute atomic E-state index is 13.0. The number of rotatable bonds is 7. The first-order chi connectivity index (χ1) is 14.5. The molecule has 0 radical (unpaired) electrons. The van der Waals surface area contributed by atoms with Crippen LogP contribution in [0.4, 0.5) is 21.8 Å². The van der Waals surface area contributed by atoms with E-state index in [2.05, 4.69) is 43.1 Å². The molecule has 5 N–H and O–H groups in total. The summed E-state index contributed by atoms with van der Waals surface area (Å²) in [4.78, 5) is 20.6. The molecule has 3 rings (SSSR count). The van der Waals surface area contributed by atoms with Gasteiger partial charge in [0.1, 0.15) is 11.6 Å². The van der Waals surface area contributed by atoms with Crippen molar-refractivity contribution in [2.75, 3.05) is 30.8 Å². The number of benzene rings is 1. The van der Waals surface area contributed by atoms with E-state index < -0.39 is 6.10 Å². The number of halogens is 1. The SMILES string of the molecule is CNc1nc(Nc2ccc(F)cc2)ncc1C#CCCCNC(=O)C1C[C@H](O)CN1. The smallest absolute Gasteiger partial charge is 0.237 e. The minimum Gasteiger partial charge on any atom is -0.392 e. The number of carbonyl (C=O) groups excluding carboxylic acids is 1. The van der Waals surface area contributed by atoms with Crippen molar-refractivity contribution >= 4 is 23.4 Å². The normalized spacial score (nSPS) is 17.7. The molecule has 1 aliphatic heterocycles. The predicted octanol–water partition coefficient (Wildman–Crippen LogP) is 1.37. The van der Waals surface area contributed by atoms with E-state index in [1.54, 1.807) is 25.4 Å². The number of nitrogens with one attached hydrogen (secondary N) is 4. The first-order valence-electron chi connectivity index (χ1n) is 9.80. The second-order valence-electron chi connectivity index (χ2n) is 6.88. The molecule has 2 aromatic rings. The Kier molecular flexibility index (Phi) is 7.54. The molecule has 0 spiro atoms. The van der Waals surface area contributed by atoms with Gasteiger partial charge in [0.15, 0.2) is 0 Å². The third-order valence-corrected chi connectivity index (χ3v) is 4.55. The molecule has 1 aromatic heterocycles. The zero-order valence-corrected chi connectivity index (χ0v) is 16.7. The summed E-state index contributed by atoms with van der Waals surface area (Å²) >= 11 is 0. The number of hydrogen-bond donors (Lipinski definition) is 5. The van der Waals surface area contributed by atoms with Gasteiger partial charge < -0.3 is 26.4 Å². The fourth-order valence-corrected chi connectivity index (χ4v) is 2.97. The van der Waals surface area contributed by atoms with Crippen LogP contribution >= 0.6 is 0 Å². The van der Waals surface area contributed by atoms with Gasteiger partial charge in [0.05, 0.1) is 23.9 Å². The summed E-state index contributed by atoms with van der Waals surface area (Å²) < 4.78 is 13.0. The maximum Gasteiger partial charge on any atom is 0.237 e. The third kappa shape index (κ3) is 6.14. The van der Waals surface area contributed by atoms with Crippen molar-refractivity contribution in [3.63, 3.8) is 0 Å². The van der Waals surface area contributed by atoms with Crippen LogP contribution in [0, 0.1) is 17.7 Å². The van der Waals surface area contributed by atoms with Gasteiger partial charge in [-0.2, -0.15) is 4.98 Å². The number of aromatic nitrogens is 2. The third-order valence-electron chi connectivity index (χ3n) is 4.55. The van der Waals surface area contributed by atoms with E-state index in [-0.39, 0.29) is 17.8 Å². The van der Waals surface area contributed by atoms with E-state index in [1.165, 1.54) is 12.1 Å². The Morgan fingerprint density at radius 3 is 2.87 bits per heavy atom. The van der Waals surface area contributed by atoms with Crippen molar-refractivity contribution in [2.24, 2.45) is 0 Å². The van der Waals surface area contributed by atoms with Gasteiger partial charge in [-0.1, -0.05) is 11.8 Å².